The SMILES string of the molecule is CC(C)(C)N1CCC2(CC1)c1cc(C#C[C@H]3O[C@H](CO)[C@@H](O)[C@H](O)[C@@H]3O)ccc1-c1ccc(C#C[C@H]3O[C@H](CO)[C@@H](O)[C@H](O)[C@@H]3O)cc12. The topological polar surface area (TPSA) is 184 Å². The van der Waals surface area contributed by atoms with Gasteiger partial charge in [-0.05, 0) is 93.2 Å². The maximum absolute atomic E-state index is 10.5. The molecule has 258 valence electrons. The quantitative estimate of drug-likeness (QED) is 0.189. The average molecular weight is 664 g/mol. The zero-order chi connectivity index (χ0) is 34.5. The molecule has 3 saturated heterocycles. The first-order valence-corrected chi connectivity index (χ1v) is 16.5. The molecule has 1 spiro atoms. The second-order valence-electron chi connectivity index (χ2n) is 14.3. The van der Waals surface area contributed by atoms with Crippen molar-refractivity contribution in [1.29, 1.82) is 0 Å². The number of piperidine rings is 1. The van der Waals surface area contributed by atoms with E-state index in [9.17, 15) is 40.9 Å². The van der Waals surface area contributed by atoms with Crippen LogP contribution >= 0.6 is 0 Å². The van der Waals surface area contributed by atoms with Gasteiger partial charge in [0.25, 0.3) is 0 Å². The molecule has 0 aromatic heterocycles. The Morgan fingerprint density at radius 2 is 1.08 bits per heavy atom. The van der Waals surface area contributed by atoms with Gasteiger partial charge in [0.1, 0.15) is 61.0 Å². The van der Waals surface area contributed by atoms with Crippen LogP contribution in [0, 0.1) is 23.7 Å². The van der Waals surface area contributed by atoms with Crippen LogP contribution in [0.5, 0.6) is 0 Å². The van der Waals surface area contributed by atoms with E-state index in [4.69, 9.17) is 9.47 Å². The number of rotatable bonds is 2. The Hall–Kier alpha value is -2.88. The molecule has 8 N–H and O–H groups in total. The largest absolute Gasteiger partial charge is 0.394 e. The molecule has 10 atom stereocenters. The van der Waals surface area contributed by atoms with Crippen molar-refractivity contribution in [3.05, 3.63) is 58.7 Å². The van der Waals surface area contributed by atoms with Crippen LogP contribution in [-0.2, 0) is 14.9 Å². The van der Waals surface area contributed by atoms with Crippen LogP contribution in [0.1, 0.15) is 55.9 Å². The van der Waals surface area contributed by atoms with E-state index in [1.165, 1.54) is 0 Å². The monoisotopic (exact) mass is 663 g/mol. The molecule has 0 radical (unpaired) electrons. The van der Waals surface area contributed by atoms with E-state index in [0.29, 0.717) is 11.1 Å². The summed E-state index contributed by atoms with van der Waals surface area (Å²) >= 11 is 0. The van der Waals surface area contributed by atoms with Gasteiger partial charge in [0.05, 0.1) is 13.2 Å². The lowest BCUT2D eigenvalue weighted by molar-refractivity contribution is -0.214. The Labute approximate surface area is 280 Å². The lowest BCUT2D eigenvalue weighted by atomic mass is 9.70. The molecule has 11 nitrogen and oxygen atoms in total. The molecule has 3 fully saturated rings. The van der Waals surface area contributed by atoms with Gasteiger partial charge in [-0.1, -0.05) is 35.8 Å². The fraction of sp³-hybridized carbons (Fsp3) is 0.568. The molecule has 2 aromatic carbocycles. The molecular formula is C37H45NO10. The summed E-state index contributed by atoms with van der Waals surface area (Å²) in [5.74, 6) is 12.0. The molecule has 2 aromatic rings. The number of hydrogen-bond acceptors (Lipinski definition) is 11. The number of aliphatic hydroxyl groups is 8. The number of benzene rings is 2. The number of nitrogens with zero attached hydrogens (tertiary/aromatic N) is 1. The summed E-state index contributed by atoms with van der Waals surface area (Å²) < 4.78 is 11.2. The predicted molar refractivity (Wildman–Crippen MR) is 175 cm³/mol. The molecule has 0 bridgehead atoms. The maximum Gasteiger partial charge on any atom is 0.147 e. The number of likely N-dealkylation sites (tertiary alicyclic amines) is 1. The van der Waals surface area contributed by atoms with Crippen molar-refractivity contribution < 1.29 is 50.3 Å². The Bertz CT molecular complexity index is 1510. The Morgan fingerprint density at radius 1 is 0.667 bits per heavy atom. The molecule has 11 heteroatoms. The summed E-state index contributed by atoms with van der Waals surface area (Å²) in [4.78, 5) is 2.47. The van der Waals surface area contributed by atoms with E-state index < -0.39 is 74.3 Å². The van der Waals surface area contributed by atoms with Crippen molar-refractivity contribution in [3.8, 4) is 34.8 Å². The number of fused-ring (bicyclic) bond motifs is 5. The highest BCUT2D eigenvalue weighted by atomic mass is 16.5. The molecule has 48 heavy (non-hydrogen) atoms. The summed E-state index contributed by atoms with van der Waals surface area (Å²) in [5, 5.41) is 80.8. The standard InChI is InChI=1S/C37H45NO10/c1-36(2,3)38-14-12-37(13-15-38)24-16-20(6-10-26-30(41)34(45)32(43)28(18-39)47-26)4-8-22(24)23-9-5-21(17-25(23)37)7-11-27-31(42)35(46)33(44)29(19-40)48-27/h4-5,8-9,16-17,26-35,39-46H,12-15,18-19H2,1-3H3/t26-,27-,28-,29-,30-,31-,32-,33-,34-,35-/m1/s1. The maximum atomic E-state index is 10.5. The van der Waals surface area contributed by atoms with E-state index in [-0.39, 0.29) is 11.0 Å². The Balaban J connectivity index is 1.34. The van der Waals surface area contributed by atoms with Crippen LogP contribution in [0.4, 0.5) is 0 Å². The van der Waals surface area contributed by atoms with Crippen molar-refractivity contribution in [2.24, 2.45) is 0 Å². The van der Waals surface area contributed by atoms with Gasteiger partial charge in [-0.15, -0.1) is 0 Å². The zero-order valence-corrected chi connectivity index (χ0v) is 27.3. The van der Waals surface area contributed by atoms with Crippen molar-refractivity contribution in [1.82, 2.24) is 4.90 Å². The van der Waals surface area contributed by atoms with Gasteiger partial charge >= 0.3 is 0 Å². The molecule has 3 aliphatic heterocycles. The first kappa shape index (κ1) is 35.0. The highest BCUT2D eigenvalue weighted by Crippen LogP contribution is 2.54. The first-order valence-electron chi connectivity index (χ1n) is 16.5. The molecule has 3 heterocycles. The van der Waals surface area contributed by atoms with E-state index >= 15 is 0 Å². The normalized spacial score (nSPS) is 34.4. The van der Waals surface area contributed by atoms with Gasteiger partial charge in [-0.2, -0.15) is 0 Å². The molecule has 0 saturated carbocycles. The smallest absolute Gasteiger partial charge is 0.147 e. The van der Waals surface area contributed by atoms with Crippen LogP contribution in [0.15, 0.2) is 36.4 Å². The second-order valence-corrected chi connectivity index (χ2v) is 14.3. The minimum absolute atomic E-state index is 0.00330. The molecule has 0 unspecified atom stereocenters. The minimum Gasteiger partial charge on any atom is -0.394 e. The van der Waals surface area contributed by atoms with E-state index in [1.54, 1.807) is 0 Å². The average Bonchev–Trinajstić information content (AvgIpc) is 3.33. The summed E-state index contributed by atoms with van der Waals surface area (Å²) in [6, 6.07) is 12.0. The molecule has 1 aliphatic carbocycles. The summed E-state index contributed by atoms with van der Waals surface area (Å²) in [5.41, 5.74) is 5.48. The molecule has 0 amide bonds. The Morgan fingerprint density at radius 3 is 1.46 bits per heavy atom. The van der Waals surface area contributed by atoms with Crippen LogP contribution < -0.4 is 0 Å². The van der Waals surface area contributed by atoms with Crippen molar-refractivity contribution in [2.45, 2.75) is 106 Å². The van der Waals surface area contributed by atoms with E-state index in [1.807, 2.05) is 24.3 Å². The third-order valence-corrected chi connectivity index (χ3v) is 10.4. The van der Waals surface area contributed by atoms with Gasteiger partial charge in [-0.3, -0.25) is 4.90 Å². The Kier molecular flexibility index (Phi) is 9.79. The van der Waals surface area contributed by atoms with Crippen LogP contribution in [0.3, 0.4) is 0 Å². The van der Waals surface area contributed by atoms with Gasteiger partial charge in [0.2, 0.25) is 0 Å². The van der Waals surface area contributed by atoms with Crippen molar-refractivity contribution >= 4 is 0 Å². The molecule has 6 rings (SSSR count). The van der Waals surface area contributed by atoms with Gasteiger partial charge in [-0.25, -0.2) is 0 Å². The van der Waals surface area contributed by atoms with Gasteiger partial charge < -0.3 is 50.3 Å². The highest BCUT2D eigenvalue weighted by Gasteiger charge is 2.47. The number of aliphatic hydroxyl groups excluding tert-OH is 8. The highest BCUT2D eigenvalue weighted by molar-refractivity contribution is 5.82. The number of ether oxygens (including phenoxy) is 2. The molecule has 4 aliphatic rings. The summed E-state index contributed by atoms with van der Waals surface area (Å²) in [6.45, 7) is 7.31. The second kappa shape index (κ2) is 13.4. The van der Waals surface area contributed by atoms with E-state index in [0.717, 1.165) is 48.2 Å². The van der Waals surface area contributed by atoms with Crippen LogP contribution in [0.2, 0.25) is 0 Å². The fourth-order valence-electron chi connectivity index (χ4n) is 7.50. The zero-order valence-electron chi connectivity index (χ0n) is 27.3. The third kappa shape index (κ3) is 6.20. The van der Waals surface area contributed by atoms with Crippen LogP contribution in [-0.4, -0.2) is 139 Å². The van der Waals surface area contributed by atoms with Crippen molar-refractivity contribution in [2.75, 3.05) is 26.3 Å². The first-order chi connectivity index (χ1) is 22.8. The lowest BCUT2D eigenvalue weighted by Crippen LogP contribution is -2.58. The lowest BCUT2D eigenvalue weighted by Gasteiger charge is -2.46. The van der Waals surface area contributed by atoms with Gasteiger partial charge in [0.15, 0.2) is 0 Å². The minimum atomic E-state index is -1.50. The van der Waals surface area contributed by atoms with E-state index in [2.05, 4.69) is 61.5 Å². The van der Waals surface area contributed by atoms with Gasteiger partial charge in [0, 0.05) is 22.1 Å². The fourth-order valence-corrected chi connectivity index (χ4v) is 7.50. The number of hydrogen-bond donors (Lipinski definition) is 8. The molecular weight excluding hydrogens is 618 g/mol. The summed E-state index contributed by atoms with van der Waals surface area (Å²) in [7, 11) is 0. The van der Waals surface area contributed by atoms with Crippen LogP contribution in [0.25, 0.3) is 11.1 Å². The van der Waals surface area contributed by atoms with Crippen molar-refractivity contribution in [3.63, 3.8) is 0 Å². The predicted octanol–water partition coefficient (Wildman–Crippen LogP) is -0.765. The third-order valence-electron chi connectivity index (χ3n) is 10.4. The summed E-state index contributed by atoms with van der Waals surface area (Å²) in [6.07, 6.45) is -11.4.